The number of hydrogen-bond donors (Lipinski definition) is 3. The van der Waals surface area contributed by atoms with Crippen LogP contribution in [0.1, 0.15) is 29.2 Å². The van der Waals surface area contributed by atoms with Crippen molar-refractivity contribution in [1.29, 1.82) is 0 Å². The van der Waals surface area contributed by atoms with E-state index in [9.17, 15) is 9.59 Å². The second-order valence-electron chi connectivity index (χ2n) is 8.60. The number of anilines is 3. The molecule has 37 heavy (non-hydrogen) atoms. The van der Waals surface area contributed by atoms with Gasteiger partial charge in [0.1, 0.15) is 0 Å². The SMILES string of the molecule is CNC(=O)c1nnc(NC(=O)C2CC2)cc1Nc1nccc(-c2noc(CN3CCOCC3)n2)c1OC. The zero-order valence-electron chi connectivity index (χ0n) is 20.5. The molecule has 194 valence electrons. The molecule has 4 heterocycles. The maximum atomic E-state index is 12.4. The van der Waals surface area contributed by atoms with E-state index in [1.807, 2.05) is 0 Å². The number of hydrogen-bond acceptors (Lipinski definition) is 12. The summed E-state index contributed by atoms with van der Waals surface area (Å²) in [5, 5.41) is 20.5. The summed E-state index contributed by atoms with van der Waals surface area (Å²) in [6.07, 6.45) is 3.25. The molecule has 1 aliphatic heterocycles. The second-order valence-corrected chi connectivity index (χ2v) is 8.60. The number of carbonyl (C=O) groups excluding carboxylic acids is 2. The first-order valence-corrected chi connectivity index (χ1v) is 11.9. The molecule has 0 spiro atoms. The molecule has 3 N–H and O–H groups in total. The molecule has 0 unspecified atom stereocenters. The lowest BCUT2D eigenvalue weighted by molar-refractivity contribution is -0.117. The van der Waals surface area contributed by atoms with Gasteiger partial charge in [0.25, 0.3) is 5.91 Å². The zero-order valence-corrected chi connectivity index (χ0v) is 20.5. The molecule has 2 aliphatic rings. The predicted molar refractivity (Wildman–Crippen MR) is 130 cm³/mol. The molecule has 1 saturated carbocycles. The molecule has 14 nitrogen and oxygen atoms in total. The highest BCUT2D eigenvalue weighted by molar-refractivity contribution is 5.99. The molecular weight excluding hydrogens is 482 g/mol. The molecule has 0 atom stereocenters. The Morgan fingerprint density at radius 3 is 2.76 bits per heavy atom. The molecule has 1 aliphatic carbocycles. The highest BCUT2D eigenvalue weighted by Crippen LogP contribution is 2.36. The van der Waals surface area contributed by atoms with Crippen LogP contribution in [0.3, 0.4) is 0 Å². The maximum absolute atomic E-state index is 12.4. The number of nitrogens with one attached hydrogen (secondary N) is 3. The normalized spacial score (nSPS) is 15.7. The smallest absolute Gasteiger partial charge is 0.273 e. The number of pyridine rings is 1. The lowest BCUT2D eigenvalue weighted by Crippen LogP contribution is -2.35. The number of amides is 2. The molecule has 0 bridgehead atoms. The van der Waals surface area contributed by atoms with Crippen molar-refractivity contribution in [1.82, 2.24) is 35.5 Å². The minimum atomic E-state index is -0.462. The predicted octanol–water partition coefficient (Wildman–Crippen LogP) is 1.21. The number of morpholine rings is 1. The quantitative estimate of drug-likeness (QED) is 0.377. The summed E-state index contributed by atoms with van der Waals surface area (Å²) in [7, 11) is 2.98. The Hall–Kier alpha value is -4.17. The van der Waals surface area contributed by atoms with Gasteiger partial charge in [0, 0.05) is 38.3 Å². The van der Waals surface area contributed by atoms with Crippen LogP contribution in [0.5, 0.6) is 5.75 Å². The number of aromatic nitrogens is 5. The standard InChI is InChI=1S/C23H27N9O5/c1-24-23(34)18-15(11-16(29-30-18)27-22(33)13-3-4-13)26-21-19(35-2)14(5-6-25-21)20-28-17(37-31-20)12-32-7-9-36-10-8-32/h5-6,11,13H,3-4,7-10,12H2,1-2H3,(H,24,34)(H2,25,26,27,29,33). The molecule has 2 fully saturated rings. The van der Waals surface area contributed by atoms with E-state index in [1.165, 1.54) is 20.2 Å². The average Bonchev–Trinajstić information content (AvgIpc) is 3.68. The summed E-state index contributed by atoms with van der Waals surface area (Å²) in [5.74, 6) is 1.05. The summed E-state index contributed by atoms with van der Waals surface area (Å²) >= 11 is 0. The highest BCUT2D eigenvalue weighted by Gasteiger charge is 2.30. The van der Waals surface area contributed by atoms with Crippen LogP contribution < -0.4 is 20.7 Å². The van der Waals surface area contributed by atoms with E-state index < -0.39 is 5.91 Å². The van der Waals surface area contributed by atoms with Crippen molar-refractivity contribution in [3.8, 4) is 17.1 Å². The van der Waals surface area contributed by atoms with Gasteiger partial charge in [-0.15, -0.1) is 10.2 Å². The molecule has 3 aromatic rings. The summed E-state index contributed by atoms with van der Waals surface area (Å²) in [6, 6.07) is 3.24. The Bertz CT molecular complexity index is 1290. The molecule has 2 amide bonds. The van der Waals surface area contributed by atoms with Crippen LogP contribution in [-0.4, -0.2) is 82.5 Å². The topological polar surface area (TPSA) is 170 Å². The summed E-state index contributed by atoms with van der Waals surface area (Å²) < 4.78 is 16.5. The van der Waals surface area contributed by atoms with Crippen LogP contribution >= 0.6 is 0 Å². The zero-order chi connectivity index (χ0) is 25.8. The fraction of sp³-hybridized carbons (Fsp3) is 0.435. The van der Waals surface area contributed by atoms with Crippen molar-refractivity contribution in [3.05, 3.63) is 29.9 Å². The fourth-order valence-electron chi connectivity index (χ4n) is 3.83. The van der Waals surface area contributed by atoms with Crippen LogP contribution in [0.15, 0.2) is 22.9 Å². The van der Waals surface area contributed by atoms with Gasteiger partial charge in [-0.1, -0.05) is 5.16 Å². The first kappa shape index (κ1) is 24.5. The minimum absolute atomic E-state index is 0.0154. The molecule has 0 radical (unpaired) electrons. The summed E-state index contributed by atoms with van der Waals surface area (Å²) in [6.45, 7) is 3.44. The monoisotopic (exact) mass is 509 g/mol. The van der Waals surface area contributed by atoms with Crippen LogP contribution in [-0.2, 0) is 16.1 Å². The van der Waals surface area contributed by atoms with Gasteiger partial charge in [-0.2, -0.15) is 4.98 Å². The molecule has 0 aromatic carbocycles. The first-order chi connectivity index (χ1) is 18.1. The van der Waals surface area contributed by atoms with Gasteiger partial charge in [0.2, 0.25) is 17.6 Å². The van der Waals surface area contributed by atoms with Gasteiger partial charge >= 0.3 is 0 Å². The van der Waals surface area contributed by atoms with E-state index in [2.05, 4.69) is 46.2 Å². The second kappa shape index (κ2) is 10.8. The van der Waals surface area contributed by atoms with Crippen molar-refractivity contribution in [2.24, 2.45) is 5.92 Å². The number of nitrogens with zero attached hydrogens (tertiary/aromatic N) is 6. The number of ether oxygens (including phenoxy) is 2. The Morgan fingerprint density at radius 2 is 2.03 bits per heavy atom. The van der Waals surface area contributed by atoms with Crippen molar-refractivity contribution in [3.63, 3.8) is 0 Å². The number of carbonyl (C=O) groups is 2. The van der Waals surface area contributed by atoms with Gasteiger partial charge in [-0.3, -0.25) is 14.5 Å². The van der Waals surface area contributed by atoms with Crippen LogP contribution in [0.4, 0.5) is 17.3 Å². The van der Waals surface area contributed by atoms with Crippen molar-refractivity contribution in [2.75, 3.05) is 51.1 Å². The Balaban J connectivity index is 1.42. The third kappa shape index (κ3) is 5.65. The van der Waals surface area contributed by atoms with Gasteiger partial charge in [0.05, 0.1) is 38.1 Å². The van der Waals surface area contributed by atoms with E-state index in [0.29, 0.717) is 42.8 Å². The van der Waals surface area contributed by atoms with E-state index in [1.54, 1.807) is 12.3 Å². The molecule has 5 rings (SSSR count). The molecule has 3 aromatic heterocycles. The van der Waals surface area contributed by atoms with E-state index in [-0.39, 0.29) is 34.8 Å². The summed E-state index contributed by atoms with van der Waals surface area (Å²) in [4.78, 5) is 35.7. The van der Waals surface area contributed by atoms with Gasteiger partial charge in [0.15, 0.2) is 23.1 Å². The first-order valence-electron chi connectivity index (χ1n) is 11.9. The largest absolute Gasteiger partial charge is 0.492 e. The minimum Gasteiger partial charge on any atom is -0.492 e. The Morgan fingerprint density at radius 1 is 1.22 bits per heavy atom. The summed E-state index contributed by atoms with van der Waals surface area (Å²) in [5.41, 5.74) is 0.848. The van der Waals surface area contributed by atoms with Gasteiger partial charge in [-0.25, -0.2) is 4.98 Å². The molecular formula is C23H27N9O5. The van der Waals surface area contributed by atoms with Crippen LogP contribution in [0.2, 0.25) is 0 Å². The Kier molecular flexibility index (Phi) is 7.18. The Labute approximate surface area is 212 Å². The third-order valence-corrected chi connectivity index (χ3v) is 5.97. The number of methoxy groups -OCH3 is 1. The van der Waals surface area contributed by atoms with Crippen LogP contribution in [0.25, 0.3) is 11.4 Å². The number of rotatable bonds is 9. The molecule has 14 heteroatoms. The van der Waals surface area contributed by atoms with Gasteiger partial charge < -0.3 is 29.9 Å². The lowest BCUT2D eigenvalue weighted by atomic mass is 10.2. The average molecular weight is 510 g/mol. The highest BCUT2D eigenvalue weighted by atomic mass is 16.5. The van der Waals surface area contributed by atoms with E-state index >= 15 is 0 Å². The van der Waals surface area contributed by atoms with E-state index in [4.69, 9.17) is 14.0 Å². The maximum Gasteiger partial charge on any atom is 0.273 e. The van der Waals surface area contributed by atoms with Crippen molar-refractivity contribution < 1.29 is 23.6 Å². The van der Waals surface area contributed by atoms with Gasteiger partial charge in [-0.05, 0) is 18.9 Å². The third-order valence-electron chi connectivity index (χ3n) is 5.97. The van der Waals surface area contributed by atoms with Crippen LogP contribution in [0, 0.1) is 5.92 Å². The lowest BCUT2D eigenvalue weighted by Gasteiger charge is -2.24. The van der Waals surface area contributed by atoms with E-state index in [0.717, 1.165) is 25.9 Å². The van der Waals surface area contributed by atoms with Crippen molar-refractivity contribution in [2.45, 2.75) is 19.4 Å². The fourth-order valence-corrected chi connectivity index (χ4v) is 3.83. The molecule has 1 saturated heterocycles. The van der Waals surface area contributed by atoms with Crippen molar-refractivity contribution >= 4 is 29.1 Å².